The van der Waals surface area contributed by atoms with Crippen LogP contribution in [-0.4, -0.2) is 34.8 Å². The minimum atomic E-state index is -0.316. The lowest BCUT2D eigenvalue weighted by molar-refractivity contribution is 0.164. The average Bonchev–Trinajstić information content (AvgIpc) is 3.11. The number of hydrogen-bond acceptors (Lipinski definition) is 5. The molecule has 0 saturated heterocycles. The van der Waals surface area contributed by atoms with Gasteiger partial charge in [0.2, 0.25) is 5.95 Å². The molecule has 3 N–H and O–H groups in total. The zero-order valence-electron chi connectivity index (χ0n) is 9.07. The fourth-order valence-corrected chi connectivity index (χ4v) is 1.62. The molecule has 1 atom stereocenters. The zero-order valence-corrected chi connectivity index (χ0v) is 9.83. The lowest BCUT2D eigenvalue weighted by atomic mass is 10.2. The van der Waals surface area contributed by atoms with E-state index in [1.54, 1.807) is 7.05 Å². The van der Waals surface area contributed by atoms with Crippen LogP contribution in [0.3, 0.4) is 0 Å². The van der Waals surface area contributed by atoms with Crippen LogP contribution in [0, 0.1) is 5.92 Å². The molecule has 0 spiro atoms. The maximum atomic E-state index is 9.70. The van der Waals surface area contributed by atoms with E-state index in [0.717, 1.165) is 12.8 Å². The molecule has 1 aromatic heterocycles. The van der Waals surface area contributed by atoms with Crippen molar-refractivity contribution in [1.82, 2.24) is 9.97 Å². The van der Waals surface area contributed by atoms with Crippen LogP contribution in [0.1, 0.15) is 12.8 Å². The third-order valence-corrected chi connectivity index (χ3v) is 2.89. The van der Waals surface area contributed by atoms with Gasteiger partial charge in [0, 0.05) is 13.6 Å². The van der Waals surface area contributed by atoms with Gasteiger partial charge in [-0.3, -0.25) is 0 Å². The molecule has 1 aromatic rings. The van der Waals surface area contributed by atoms with Gasteiger partial charge in [-0.1, -0.05) is 11.6 Å². The van der Waals surface area contributed by atoms with E-state index in [4.69, 9.17) is 11.6 Å². The van der Waals surface area contributed by atoms with E-state index >= 15 is 0 Å². The molecular formula is C10H15ClN4O. The summed E-state index contributed by atoms with van der Waals surface area (Å²) in [4.78, 5) is 8.14. The Balaban J connectivity index is 1.96. The molecule has 1 heterocycles. The molecule has 88 valence electrons. The quantitative estimate of drug-likeness (QED) is 0.727. The Morgan fingerprint density at radius 1 is 1.62 bits per heavy atom. The standard InChI is InChI=1S/C10H15ClN4O/c1-12-10-14-4-7(11)9(15-10)13-5-8(16)6-2-3-6/h4,6,8,16H,2-3,5H2,1H3,(H2,12,13,14,15). The maximum Gasteiger partial charge on any atom is 0.224 e. The highest BCUT2D eigenvalue weighted by Gasteiger charge is 2.29. The second-order valence-electron chi connectivity index (χ2n) is 3.93. The van der Waals surface area contributed by atoms with Gasteiger partial charge in [-0.15, -0.1) is 0 Å². The van der Waals surface area contributed by atoms with Crippen LogP contribution in [0.4, 0.5) is 11.8 Å². The van der Waals surface area contributed by atoms with Crippen molar-refractivity contribution in [3.63, 3.8) is 0 Å². The van der Waals surface area contributed by atoms with Gasteiger partial charge >= 0.3 is 0 Å². The summed E-state index contributed by atoms with van der Waals surface area (Å²) in [5, 5.41) is 16.0. The van der Waals surface area contributed by atoms with E-state index in [1.165, 1.54) is 6.20 Å². The predicted molar refractivity (Wildman–Crippen MR) is 63.8 cm³/mol. The molecule has 1 aliphatic rings. The lowest BCUT2D eigenvalue weighted by Gasteiger charge is -2.12. The van der Waals surface area contributed by atoms with Crippen LogP contribution < -0.4 is 10.6 Å². The van der Waals surface area contributed by atoms with Crippen molar-refractivity contribution in [3.8, 4) is 0 Å². The first-order chi connectivity index (χ1) is 7.70. The Labute approximate surface area is 99.3 Å². The molecule has 0 radical (unpaired) electrons. The van der Waals surface area contributed by atoms with Gasteiger partial charge in [0.1, 0.15) is 5.02 Å². The molecule has 5 nitrogen and oxygen atoms in total. The fraction of sp³-hybridized carbons (Fsp3) is 0.600. The van der Waals surface area contributed by atoms with Crippen molar-refractivity contribution >= 4 is 23.4 Å². The van der Waals surface area contributed by atoms with E-state index < -0.39 is 0 Å². The predicted octanol–water partition coefficient (Wildman–Crippen LogP) is 1.35. The smallest absolute Gasteiger partial charge is 0.224 e. The molecule has 16 heavy (non-hydrogen) atoms. The Hall–Kier alpha value is -1.07. The van der Waals surface area contributed by atoms with Crippen molar-refractivity contribution in [2.75, 3.05) is 24.2 Å². The normalized spacial score (nSPS) is 16.9. The Morgan fingerprint density at radius 3 is 3.00 bits per heavy atom. The van der Waals surface area contributed by atoms with E-state index in [0.29, 0.717) is 29.3 Å². The minimum Gasteiger partial charge on any atom is -0.391 e. The molecular weight excluding hydrogens is 228 g/mol. The number of aromatic nitrogens is 2. The molecule has 1 saturated carbocycles. The van der Waals surface area contributed by atoms with E-state index in [9.17, 15) is 5.11 Å². The Bertz CT molecular complexity index is 370. The van der Waals surface area contributed by atoms with E-state index in [1.807, 2.05) is 0 Å². The summed E-state index contributed by atoms with van der Waals surface area (Å²) in [5.74, 6) is 1.51. The van der Waals surface area contributed by atoms with Crippen LogP contribution in [-0.2, 0) is 0 Å². The van der Waals surface area contributed by atoms with Gasteiger partial charge in [0.15, 0.2) is 5.82 Å². The van der Waals surface area contributed by atoms with Gasteiger partial charge in [0.25, 0.3) is 0 Å². The van der Waals surface area contributed by atoms with Crippen molar-refractivity contribution in [1.29, 1.82) is 0 Å². The number of nitrogens with zero attached hydrogens (tertiary/aromatic N) is 2. The highest BCUT2D eigenvalue weighted by molar-refractivity contribution is 6.32. The summed E-state index contributed by atoms with van der Waals surface area (Å²) >= 11 is 5.93. The second-order valence-corrected chi connectivity index (χ2v) is 4.33. The second kappa shape index (κ2) is 4.84. The molecule has 1 fully saturated rings. The van der Waals surface area contributed by atoms with Gasteiger partial charge in [-0.2, -0.15) is 4.98 Å². The molecule has 0 bridgehead atoms. The fourth-order valence-electron chi connectivity index (χ4n) is 1.46. The summed E-state index contributed by atoms with van der Waals surface area (Å²) in [6.45, 7) is 0.477. The molecule has 0 aliphatic heterocycles. The maximum absolute atomic E-state index is 9.70. The summed E-state index contributed by atoms with van der Waals surface area (Å²) in [7, 11) is 1.74. The van der Waals surface area contributed by atoms with E-state index in [-0.39, 0.29) is 6.10 Å². The van der Waals surface area contributed by atoms with Gasteiger partial charge in [-0.05, 0) is 18.8 Å². The molecule has 1 unspecified atom stereocenters. The molecule has 1 aliphatic carbocycles. The number of hydrogen-bond donors (Lipinski definition) is 3. The zero-order chi connectivity index (χ0) is 11.5. The number of halogens is 1. The van der Waals surface area contributed by atoms with Gasteiger partial charge in [-0.25, -0.2) is 4.98 Å². The third-order valence-electron chi connectivity index (χ3n) is 2.61. The number of aliphatic hydroxyl groups is 1. The highest BCUT2D eigenvalue weighted by atomic mass is 35.5. The van der Waals surface area contributed by atoms with Crippen molar-refractivity contribution in [3.05, 3.63) is 11.2 Å². The van der Waals surface area contributed by atoms with Crippen molar-refractivity contribution < 1.29 is 5.11 Å². The number of anilines is 2. The monoisotopic (exact) mass is 242 g/mol. The van der Waals surface area contributed by atoms with Gasteiger partial charge in [0.05, 0.1) is 12.3 Å². The number of rotatable bonds is 5. The molecule has 0 aromatic carbocycles. The molecule has 6 heteroatoms. The third kappa shape index (κ3) is 2.74. The van der Waals surface area contributed by atoms with Crippen LogP contribution in [0.5, 0.6) is 0 Å². The molecule has 2 rings (SSSR count). The first kappa shape index (κ1) is 11.4. The first-order valence-corrected chi connectivity index (χ1v) is 5.70. The van der Waals surface area contributed by atoms with Crippen LogP contribution in [0.15, 0.2) is 6.20 Å². The van der Waals surface area contributed by atoms with E-state index in [2.05, 4.69) is 20.6 Å². The Morgan fingerprint density at radius 2 is 2.38 bits per heavy atom. The van der Waals surface area contributed by atoms with Gasteiger partial charge < -0.3 is 15.7 Å². The summed E-state index contributed by atoms with van der Waals surface area (Å²) in [6, 6.07) is 0. The molecule has 0 amide bonds. The summed E-state index contributed by atoms with van der Waals surface area (Å²) in [5.41, 5.74) is 0. The SMILES string of the molecule is CNc1ncc(Cl)c(NCC(O)C2CC2)n1. The Kier molecular flexibility index (Phi) is 3.46. The van der Waals surface area contributed by atoms with Crippen molar-refractivity contribution in [2.24, 2.45) is 5.92 Å². The first-order valence-electron chi connectivity index (χ1n) is 5.33. The topological polar surface area (TPSA) is 70.1 Å². The van der Waals surface area contributed by atoms with Crippen LogP contribution in [0.2, 0.25) is 5.02 Å². The summed E-state index contributed by atoms with van der Waals surface area (Å²) < 4.78 is 0. The highest BCUT2D eigenvalue weighted by Crippen LogP contribution is 2.32. The minimum absolute atomic E-state index is 0.316. The number of nitrogens with one attached hydrogen (secondary N) is 2. The summed E-state index contributed by atoms with van der Waals surface area (Å²) in [6.07, 6.45) is 3.44. The van der Waals surface area contributed by atoms with Crippen molar-refractivity contribution in [2.45, 2.75) is 18.9 Å². The number of aliphatic hydroxyl groups excluding tert-OH is 1. The van der Waals surface area contributed by atoms with Crippen LogP contribution >= 0.6 is 11.6 Å². The van der Waals surface area contributed by atoms with Crippen LogP contribution in [0.25, 0.3) is 0 Å². The average molecular weight is 243 g/mol. The largest absolute Gasteiger partial charge is 0.391 e. The lowest BCUT2D eigenvalue weighted by Crippen LogP contribution is -2.22.